The molecule has 1 aromatic carbocycles. The lowest BCUT2D eigenvalue weighted by atomic mass is 9.92. The molecule has 2 rings (SSSR count). The highest BCUT2D eigenvalue weighted by molar-refractivity contribution is 5.89. The van der Waals surface area contributed by atoms with Crippen molar-refractivity contribution in [3.05, 3.63) is 35.4 Å². The number of nitrogens with one attached hydrogen (secondary N) is 1. The van der Waals surface area contributed by atoms with Gasteiger partial charge in [0.15, 0.2) is 0 Å². The lowest BCUT2D eigenvalue weighted by molar-refractivity contribution is -0.148. The number of nitrogens with two attached hydrogens (primary N) is 1. The van der Waals surface area contributed by atoms with Gasteiger partial charge in [0.25, 0.3) is 0 Å². The summed E-state index contributed by atoms with van der Waals surface area (Å²) in [7, 11) is 0. The summed E-state index contributed by atoms with van der Waals surface area (Å²) < 4.78 is 5.19. The Morgan fingerprint density at radius 1 is 1.23 bits per heavy atom. The van der Waals surface area contributed by atoms with E-state index in [1.807, 2.05) is 38.1 Å². The number of carbonyl (C=O) groups excluding carboxylic acids is 3. The van der Waals surface area contributed by atoms with E-state index in [0.29, 0.717) is 6.54 Å². The molecule has 1 heterocycles. The molecule has 3 amide bonds. The first-order valence-electron chi connectivity index (χ1n) is 8.99. The van der Waals surface area contributed by atoms with E-state index in [2.05, 4.69) is 5.32 Å². The number of hydrogen-bond acceptors (Lipinski definition) is 4. The van der Waals surface area contributed by atoms with Gasteiger partial charge in [-0.1, -0.05) is 36.8 Å². The van der Waals surface area contributed by atoms with E-state index < -0.39 is 35.9 Å². The molecule has 0 bridgehead atoms. The summed E-state index contributed by atoms with van der Waals surface area (Å²) in [4.78, 5) is 38.7. The van der Waals surface area contributed by atoms with E-state index in [1.165, 1.54) is 4.90 Å². The summed E-state index contributed by atoms with van der Waals surface area (Å²) in [5, 5.41) is 2.79. The number of hydrogen-bond donors (Lipinski definition) is 2. The zero-order valence-corrected chi connectivity index (χ0v) is 15.5. The van der Waals surface area contributed by atoms with Gasteiger partial charge in [0.2, 0.25) is 5.91 Å². The van der Waals surface area contributed by atoms with E-state index in [0.717, 1.165) is 17.5 Å². The monoisotopic (exact) mass is 361 g/mol. The van der Waals surface area contributed by atoms with E-state index in [4.69, 9.17) is 10.5 Å². The Morgan fingerprint density at radius 2 is 1.88 bits per heavy atom. The summed E-state index contributed by atoms with van der Waals surface area (Å²) in [6.45, 7) is 6.34. The van der Waals surface area contributed by atoms with Gasteiger partial charge in [-0.3, -0.25) is 9.59 Å². The molecule has 7 heteroatoms. The summed E-state index contributed by atoms with van der Waals surface area (Å²) in [5.41, 5.74) is 7.39. The minimum atomic E-state index is -0.854. The Morgan fingerprint density at radius 3 is 2.42 bits per heavy atom. The van der Waals surface area contributed by atoms with Crippen LogP contribution >= 0.6 is 0 Å². The second-order valence-electron chi connectivity index (χ2n) is 6.51. The van der Waals surface area contributed by atoms with Crippen LogP contribution in [0.15, 0.2) is 24.3 Å². The second kappa shape index (κ2) is 8.69. The van der Waals surface area contributed by atoms with Crippen molar-refractivity contribution >= 4 is 17.9 Å². The number of primary amides is 1. The second-order valence-corrected chi connectivity index (χ2v) is 6.51. The maximum Gasteiger partial charge on any atom is 0.318 e. The van der Waals surface area contributed by atoms with Crippen LogP contribution in [0.1, 0.15) is 43.9 Å². The first-order valence-corrected chi connectivity index (χ1v) is 8.99. The molecule has 7 nitrogen and oxygen atoms in total. The topological polar surface area (TPSA) is 102 Å². The number of urea groups is 1. The molecule has 1 aromatic rings. The van der Waals surface area contributed by atoms with Crippen LogP contribution in [-0.2, 0) is 14.3 Å². The molecular formula is C19H27N3O4. The number of likely N-dealkylation sites (tertiary alicyclic amines) is 1. The van der Waals surface area contributed by atoms with Crippen molar-refractivity contribution in [2.75, 3.05) is 13.2 Å². The first kappa shape index (κ1) is 19.8. The van der Waals surface area contributed by atoms with Crippen molar-refractivity contribution in [3.63, 3.8) is 0 Å². The predicted octanol–water partition coefficient (Wildman–Crippen LogP) is 1.89. The largest absolute Gasteiger partial charge is 0.466 e. The van der Waals surface area contributed by atoms with Crippen LogP contribution in [0.3, 0.4) is 0 Å². The number of ether oxygens (including phenoxy) is 1. The van der Waals surface area contributed by atoms with E-state index in [1.54, 1.807) is 6.92 Å². The van der Waals surface area contributed by atoms with Crippen molar-refractivity contribution in [3.8, 4) is 0 Å². The predicted molar refractivity (Wildman–Crippen MR) is 97.2 cm³/mol. The molecule has 142 valence electrons. The van der Waals surface area contributed by atoms with Gasteiger partial charge in [-0.05, 0) is 32.3 Å². The third-order valence-electron chi connectivity index (χ3n) is 4.59. The molecule has 3 atom stereocenters. The molecule has 0 radical (unpaired) electrons. The quantitative estimate of drug-likeness (QED) is 0.756. The molecule has 3 N–H and O–H groups in total. The van der Waals surface area contributed by atoms with Crippen LogP contribution < -0.4 is 11.1 Å². The lowest BCUT2D eigenvalue weighted by Crippen LogP contribution is -2.49. The Bertz CT molecular complexity index is 659. The molecule has 1 aliphatic rings. The number of amides is 3. The van der Waals surface area contributed by atoms with Crippen molar-refractivity contribution in [2.24, 2.45) is 11.7 Å². The van der Waals surface area contributed by atoms with Crippen molar-refractivity contribution in [1.29, 1.82) is 0 Å². The first-order chi connectivity index (χ1) is 12.4. The van der Waals surface area contributed by atoms with Gasteiger partial charge in [-0.2, -0.15) is 0 Å². The number of esters is 1. The van der Waals surface area contributed by atoms with Crippen molar-refractivity contribution in [1.82, 2.24) is 10.2 Å². The Kier molecular flexibility index (Phi) is 6.60. The number of benzene rings is 1. The van der Waals surface area contributed by atoms with Gasteiger partial charge in [0.05, 0.1) is 18.6 Å². The molecule has 3 unspecified atom stereocenters. The third-order valence-corrected chi connectivity index (χ3v) is 4.59. The maximum atomic E-state index is 12.8. The number of aryl methyl sites for hydroxylation is 1. The number of rotatable bonds is 6. The summed E-state index contributed by atoms with van der Waals surface area (Å²) >= 11 is 0. The number of nitrogens with zero attached hydrogens (tertiary/aromatic N) is 1. The Labute approximate surface area is 153 Å². The summed E-state index contributed by atoms with van der Waals surface area (Å²) in [6, 6.07) is 5.73. The van der Waals surface area contributed by atoms with Crippen LogP contribution in [0, 0.1) is 12.8 Å². The zero-order chi connectivity index (χ0) is 19.3. The van der Waals surface area contributed by atoms with Crippen molar-refractivity contribution in [2.45, 2.75) is 45.7 Å². The molecule has 0 spiro atoms. The van der Waals surface area contributed by atoms with Gasteiger partial charge in [-0.15, -0.1) is 0 Å². The van der Waals surface area contributed by atoms with Gasteiger partial charge in [-0.25, -0.2) is 4.79 Å². The fraction of sp³-hybridized carbons (Fsp3) is 0.526. The average Bonchev–Trinajstić information content (AvgIpc) is 3.01. The molecular weight excluding hydrogens is 334 g/mol. The smallest absolute Gasteiger partial charge is 0.318 e. The van der Waals surface area contributed by atoms with Crippen LogP contribution in [0.25, 0.3) is 0 Å². The van der Waals surface area contributed by atoms with Crippen LogP contribution in [0.2, 0.25) is 0 Å². The summed E-state index contributed by atoms with van der Waals surface area (Å²) in [6.07, 6.45) is 0.920. The highest BCUT2D eigenvalue weighted by atomic mass is 16.5. The summed E-state index contributed by atoms with van der Waals surface area (Å²) in [5.74, 6) is -1.68. The number of carbonyl (C=O) groups is 3. The molecule has 1 fully saturated rings. The minimum Gasteiger partial charge on any atom is -0.466 e. The van der Waals surface area contributed by atoms with Gasteiger partial charge in [0, 0.05) is 6.54 Å². The van der Waals surface area contributed by atoms with Crippen LogP contribution in [0.4, 0.5) is 4.79 Å². The molecule has 1 saturated heterocycles. The molecule has 1 aliphatic heterocycles. The Hall–Kier alpha value is -2.57. The minimum absolute atomic E-state index is 0.159. The highest BCUT2D eigenvalue weighted by Gasteiger charge is 2.50. The maximum absolute atomic E-state index is 12.8. The third kappa shape index (κ3) is 4.15. The molecule has 0 aliphatic carbocycles. The fourth-order valence-corrected chi connectivity index (χ4v) is 3.35. The van der Waals surface area contributed by atoms with E-state index in [-0.39, 0.29) is 13.0 Å². The zero-order valence-electron chi connectivity index (χ0n) is 15.5. The van der Waals surface area contributed by atoms with Gasteiger partial charge < -0.3 is 20.7 Å². The average molecular weight is 361 g/mol. The van der Waals surface area contributed by atoms with Gasteiger partial charge in [0.1, 0.15) is 6.04 Å². The van der Waals surface area contributed by atoms with Crippen LogP contribution in [0.5, 0.6) is 0 Å². The van der Waals surface area contributed by atoms with E-state index >= 15 is 0 Å². The lowest BCUT2D eigenvalue weighted by Gasteiger charge is -2.30. The Balaban J connectivity index is 2.45. The normalized spacial score (nSPS) is 22.1. The SMILES string of the molecule is CCCNC(=O)N1C(C(N)=O)CC(C(=O)OCC)C1c1ccc(C)cc1. The molecule has 0 saturated carbocycles. The highest BCUT2D eigenvalue weighted by Crippen LogP contribution is 2.42. The van der Waals surface area contributed by atoms with Gasteiger partial charge >= 0.3 is 12.0 Å². The van der Waals surface area contributed by atoms with Crippen molar-refractivity contribution < 1.29 is 19.1 Å². The fourth-order valence-electron chi connectivity index (χ4n) is 3.35. The standard InChI is InChI=1S/C19H27N3O4/c1-4-10-21-19(25)22-15(17(20)23)11-14(18(24)26-5-2)16(22)13-8-6-12(3)7-9-13/h6-9,14-16H,4-5,10-11H2,1-3H3,(H2,20,23)(H,21,25). The van der Waals surface area contributed by atoms with E-state index in [9.17, 15) is 14.4 Å². The van der Waals surface area contributed by atoms with Crippen LogP contribution in [-0.4, -0.2) is 42.0 Å². The molecule has 26 heavy (non-hydrogen) atoms. The molecule has 0 aromatic heterocycles.